The molecule has 0 aliphatic carbocycles. The lowest BCUT2D eigenvalue weighted by Gasteiger charge is -2.12. The number of carboxylic acids is 1. The number of amides is 2. The van der Waals surface area contributed by atoms with E-state index in [4.69, 9.17) is 5.11 Å². The average Bonchev–Trinajstić information content (AvgIpc) is 2.85. The molecule has 116 valence electrons. The fraction of sp³-hybridized carbons (Fsp3) is 0.500. The molecule has 1 unspecified atom stereocenters. The van der Waals surface area contributed by atoms with Crippen LogP contribution in [-0.4, -0.2) is 50.7 Å². The molecule has 0 bridgehead atoms. The topological polar surface area (TPSA) is 113 Å². The van der Waals surface area contributed by atoms with Crippen LogP contribution < -0.4 is 10.6 Å². The second kappa shape index (κ2) is 8.30. The van der Waals surface area contributed by atoms with Crippen LogP contribution in [0.5, 0.6) is 0 Å². The number of hydrogen-bond donors (Lipinski definition) is 3. The highest BCUT2D eigenvalue weighted by Gasteiger charge is 2.17. The summed E-state index contributed by atoms with van der Waals surface area (Å²) in [7, 11) is 0. The van der Waals surface area contributed by atoms with Crippen molar-refractivity contribution in [1.29, 1.82) is 0 Å². The zero-order valence-corrected chi connectivity index (χ0v) is 12.6. The third-order valence-electron chi connectivity index (χ3n) is 2.51. The molecule has 0 aliphatic heterocycles. The molecular formula is C12H18N4O4S. The first-order valence-corrected chi connectivity index (χ1v) is 7.44. The molecule has 0 aliphatic rings. The number of rotatable bonds is 9. The number of hydrogen-bond acceptors (Lipinski definition) is 5. The molecule has 0 fully saturated rings. The van der Waals surface area contributed by atoms with Gasteiger partial charge in [-0.2, -0.15) is 5.10 Å². The van der Waals surface area contributed by atoms with Gasteiger partial charge in [-0.3, -0.25) is 9.59 Å². The van der Waals surface area contributed by atoms with Crippen molar-refractivity contribution in [3.05, 3.63) is 12.3 Å². The Morgan fingerprint density at radius 3 is 2.81 bits per heavy atom. The van der Waals surface area contributed by atoms with Gasteiger partial charge in [0.2, 0.25) is 12.3 Å². The van der Waals surface area contributed by atoms with Gasteiger partial charge < -0.3 is 15.7 Å². The molecule has 3 N–H and O–H groups in total. The molecule has 2 amide bonds. The summed E-state index contributed by atoms with van der Waals surface area (Å²) in [6.45, 7) is 3.89. The first-order chi connectivity index (χ1) is 9.95. The minimum Gasteiger partial charge on any atom is -0.480 e. The molecule has 1 aromatic rings. The molecule has 0 spiro atoms. The Morgan fingerprint density at radius 2 is 2.24 bits per heavy atom. The van der Waals surface area contributed by atoms with E-state index in [1.165, 1.54) is 0 Å². The highest BCUT2D eigenvalue weighted by atomic mass is 32.2. The van der Waals surface area contributed by atoms with Crippen LogP contribution in [0.2, 0.25) is 0 Å². The lowest BCUT2D eigenvalue weighted by Crippen LogP contribution is -2.38. The molecule has 0 saturated heterocycles. The maximum Gasteiger partial charge on any atom is 0.327 e. The van der Waals surface area contributed by atoms with Crippen LogP contribution >= 0.6 is 11.8 Å². The minimum absolute atomic E-state index is 0.0909. The third-order valence-corrected chi connectivity index (χ3v) is 3.55. The zero-order chi connectivity index (χ0) is 15.8. The van der Waals surface area contributed by atoms with Gasteiger partial charge in [-0.15, -0.1) is 11.8 Å². The minimum atomic E-state index is -1.13. The first kappa shape index (κ1) is 17.0. The quantitative estimate of drug-likeness (QED) is 0.566. The molecule has 1 atom stereocenters. The molecule has 0 saturated carbocycles. The van der Waals surface area contributed by atoms with Crippen molar-refractivity contribution >= 4 is 35.9 Å². The SMILES string of the molecule is CC(C)n1nccc1NC(=O)CSCC(NC=O)C(=O)O. The first-order valence-electron chi connectivity index (χ1n) is 6.29. The molecular weight excluding hydrogens is 296 g/mol. The Kier molecular flexibility index (Phi) is 6.73. The summed E-state index contributed by atoms with van der Waals surface area (Å²) in [5, 5.41) is 17.8. The van der Waals surface area contributed by atoms with Gasteiger partial charge in [-0.05, 0) is 13.8 Å². The molecule has 1 aromatic heterocycles. The molecule has 1 heterocycles. The van der Waals surface area contributed by atoms with Crippen molar-refractivity contribution in [3.8, 4) is 0 Å². The maximum absolute atomic E-state index is 11.8. The highest BCUT2D eigenvalue weighted by Crippen LogP contribution is 2.13. The van der Waals surface area contributed by atoms with Gasteiger partial charge in [0.05, 0.1) is 11.9 Å². The maximum atomic E-state index is 11.8. The van der Waals surface area contributed by atoms with Crippen LogP contribution in [0.4, 0.5) is 5.82 Å². The summed E-state index contributed by atoms with van der Waals surface area (Å²) in [6.07, 6.45) is 1.93. The van der Waals surface area contributed by atoms with Gasteiger partial charge in [0, 0.05) is 17.9 Å². The second-order valence-electron chi connectivity index (χ2n) is 4.49. The molecule has 1 rings (SSSR count). The van der Waals surface area contributed by atoms with E-state index < -0.39 is 12.0 Å². The molecule has 9 heteroatoms. The van der Waals surface area contributed by atoms with Gasteiger partial charge in [-0.1, -0.05) is 0 Å². The van der Waals surface area contributed by atoms with Gasteiger partial charge in [0.1, 0.15) is 11.9 Å². The molecule has 21 heavy (non-hydrogen) atoms. The summed E-state index contributed by atoms with van der Waals surface area (Å²) in [5.41, 5.74) is 0. The Morgan fingerprint density at radius 1 is 1.52 bits per heavy atom. The van der Waals surface area contributed by atoms with E-state index in [0.29, 0.717) is 12.2 Å². The van der Waals surface area contributed by atoms with Gasteiger partial charge >= 0.3 is 5.97 Å². The highest BCUT2D eigenvalue weighted by molar-refractivity contribution is 8.00. The number of anilines is 1. The largest absolute Gasteiger partial charge is 0.480 e. The normalized spacial score (nSPS) is 12.0. The Bertz CT molecular complexity index is 503. The second-order valence-corrected chi connectivity index (χ2v) is 5.52. The van der Waals surface area contributed by atoms with E-state index >= 15 is 0 Å². The lowest BCUT2D eigenvalue weighted by atomic mass is 10.3. The van der Waals surface area contributed by atoms with Crippen molar-refractivity contribution in [3.63, 3.8) is 0 Å². The number of aromatic nitrogens is 2. The summed E-state index contributed by atoms with van der Waals surface area (Å²) in [4.78, 5) is 32.8. The zero-order valence-electron chi connectivity index (χ0n) is 11.8. The van der Waals surface area contributed by atoms with Crippen LogP contribution in [0.25, 0.3) is 0 Å². The smallest absolute Gasteiger partial charge is 0.327 e. The number of nitrogens with zero attached hydrogens (tertiary/aromatic N) is 2. The van der Waals surface area contributed by atoms with Gasteiger partial charge in [0.15, 0.2) is 0 Å². The van der Waals surface area contributed by atoms with Crippen LogP contribution in [0.15, 0.2) is 12.3 Å². The Labute approximate surface area is 126 Å². The molecule has 0 aromatic carbocycles. The number of carboxylic acid groups (broad SMARTS) is 1. The third kappa shape index (κ3) is 5.46. The van der Waals surface area contributed by atoms with E-state index in [1.54, 1.807) is 16.9 Å². The van der Waals surface area contributed by atoms with E-state index in [2.05, 4.69) is 15.7 Å². The summed E-state index contributed by atoms with van der Waals surface area (Å²) in [6, 6.07) is 0.814. The van der Waals surface area contributed by atoms with Crippen molar-refractivity contribution in [2.24, 2.45) is 0 Å². The predicted molar refractivity (Wildman–Crippen MR) is 79.2 cm³/mol. The van der Waals surface area contributed by atoms with E-state index in [-0.39, 0.29) is 23.5 Å². The van der Waals surface area contributed by atoms with Crippen molar-refractivity contribution in [1.82, 2.24) is 15.1 Å². The number of carbonyl (C=O) groups is 3. The van der Waals surface area contributed by atoms with Crippen molar-refractivity contribution in [2.45, 2.75) is 25.9 Å². The molecule has 0 radical (unpaired) electrons. The van der Waals surface area contributed by atoms with Gasteiger partial charge in [-0.25, -0.2) is 9.48 Å². The van der Waals surface area contributed by atoms with E-state index in [0.717, 1.165) is 11.8 Å². The number of nitrogens with one attached hydrogen (secondary N) is 2. The van der Waals surface area contributed by atoms with Crippen LogP contribution in [0.1, 0.15) is 19.9 Å². The standard InChI is InChI=1S/C12H18N4O4S/c1-8(2)16-10(3-4-14-16)15-11(18)6-21-5-9(12(19)20)13-7-17/h3-4,7-9H,5-6H2,1-2H3,(H,13,17)(H,15,18)(H,19,20). The monoisotopic (exact) mass is 314 g/mol. The molecule has 8 nitrogen and oxygen atoms in total. The van der Waals surface area contributed by atoms with Crippen LogP contribution in [0, 0.1) is 0 Å². The summed E-state index contributed by atoms with van der Waals surface area (Å²) >= 11 is 1.13. The fourth-order valence-electron chi connectivity index (χ4n) is 1.55. The van der Waals surface area contributed by atoms with Crippen molar-refractivity contribution in [2.75, 3.05) is 16.8 Å². The van der Waals surface area contributed by atoms with Crippen LogP contribution in [0.3, 0.4) is 0 Å². The Hall–Kier alpha value is -2.03. The average molecular weight is 314 g/mol. The fourth-order valence-corrected chi connectivity index (χ4v) is 2.40. The number of thioether (sulfide) groups is 1. The van der Waals surface area contributed by atoms with Crippen LogP contribution in [-0.2, 0) is 14.4 Å². The number of carbonyl (C=O) groups excluding carboxylic acids is 2. The van der Waals surface area contributed by atoms with Crippen molar-refractivity contribution < 1.29 is 19.5 Å². The Balaban J connectivity index is 2.42. The summed E-state index contributed by atoms with van der Waals surface area (Å²) < 4.78 is 1.68. The summed E-state index contributed by atoms with van der Waals surface area (Å²) in [5.74, 6) is -0.583. The predicted octanol–water partition coefficient (Wildman–Crippen LogP) is 0.335. The lowest BCUT2D eigenvalue weighted by molar-refractivity contribution is -0.139. The van der Waals surface area contributed by atoms with E-state index in [1.807, 2.05) is 13.8 Å². The number of aliphatic carboxylic acids is 1. The van der Waals surface area contributed by atoms with Gasteiger partial charge in [0.25, 0.3) is 0 Å². The van der Waals surface area contributed by atoms with E-state index in [9.17, 15) is 14.4 Å².